The molecule has 0 N–H and O–H groups in total. The minimum Gasteiger partial charge on any atom is -0.487 e. The summed E-state index contributed by atoms with van der Waals surface area (Å²) in [6.07, 6.45) is 0. The van der Waals surface area contributed by atoms with Crippen molar-refractivity contribution in [3.05, 3.63) is 97.4 Å². The molecule has 0 radical (unpaired) electrons. The van der Waals surface area contributed by atoms with E-state index in [-0.39, 0.29) is 46.3 Å². The highest BCUT2D eigenvalue weighted by Crippen LogP contribution is 2.24. The van der Waals surface area contributed by atoms with Crippen LogP contribution in [0, 0.1) is 18.6 Å². The van der Waals surface area contributed by atoms with Crippen molar-refractivity contribution in [3.63, 3.8) is 0 Å². The molecule has 0 atom stereocenters. The minimum atomic E-state index is -0.721. The summed E-state index contributed by atoms with van der Waals surface area (Å²) in [6.45, 7) is 5.43. The number of pyridine rings is 1. The van der Waals surface area contributed by atoms with Crippen LogP contribution in [0.1, 0.15) is 34.1 Å². The van der Waals surface area contributed by atoms with Crippen LogP contribution >= 0.6 is 15.9 Å². The first-order chi connectivity index (χ1) is 17.6. The Balaban J connectivity index is 1.43. The van der Waals surface area contributed by atoms with Crippen molar-refractivity contribution in [2.45, 2.75) is 27.0 Å². The maximum atomic E-state index is 13.9. The number of benzene rings is 2. The van der Waals surface area contributed by atoms with E-state index >= 15 is 0 Å². The quantitative estimate of drug-likeness (QED) is 0.444. The van der Waals surface area contributed by atoms with E-state index in [9.17, 15) is 23.2 Å². The van der Waals surface area contributed by atoms with E-state index in [1.807, 2.05) is 0 Å². The first-order valence-electron chi connectivity index (χ1n) is 11.7. The van der Waals surface area contributed by atoms with Crippen LogP contribution in [0.2, 0.25) is 0 Å². The van der Waals surface area contributed by atoms with Crippen LogP contribution in [-0.2, 0) is 17.9 Å². The van der Waals surface area contributed by atoms with Crippen LogP contribution in [-0.4, -0.2) is 52.4 Å². The van der Waals surface area contributed by atoms with Gasteiger partial charge >= 0.3 is 0 Å². The number of amides is 2. The van der Waals surface area contributed by atoms with Crippen molar-refractivity contribution < 1.29 is 23.1 Å². The Morgan fingerprint density at radius 2 is 1.62 bits per heavy atom. The molecule has 0 saturated carbocycles. The molecule has 2 heterocycles. The first-order valence-corrected chi connectivity index (χ1v) is 12.5. The van der Waals surface area contributed by atoms with Crippen molar-refractivity contribution in [2.75, 3.05) is 26.2 Å². The number of rotatable bonds is 6. The lowest BCUT2D eigenvalue weighted by atomic mass is 10.1. The summed E-state index contributed by atoms with van der Waals surface area (Å²) in [6, 6.07) is 12.0. The second-order valence-electron chi connectivity index (χ2n) is 8.87. The molecule has 1 aromatic heterocycles. The Morgan fingerprint density at radius 3 is 2.24 bits per heavy atom. The zero-order chi connectivity index (χ0) is 26.7. The molecule has 0 spiro atoms. The maximum absolute atomic E-state index is 13.9. The van der Waals surface area contributed by atoms with Gasteiger partial charge in [-0.2, -0.15) is 0 Å². The Kier molecular flexibility index (Phi) is 8.06. The van der Waals surface area contributed by atoms with Crippen molar-refractivity contribution in [1.82, 2.24) is 14.4 Å². The summed E-state index contributed by atoms with van der Waals surface area (Å²) >= 11 is 3.28. The summed E-state index contributed by atoms with van der Waals surface area (Å²) in [5, 5.41) is 0. The number of aryl methyl sites for hydroxylation is 1. The van der Waals surface area contributed by atoms with E-state index in [1.165, 1.54) is 13.0 Å². The van der Waals surface area contributed by atoms with Gasteiger partial charge in [-0.15, -0.1) is 0 Å². The molecule has 4 rings (SSSR count). The van der Waals surface area contributed by atoms with Crippen molar-refractivity contribution in [1.29, 1.82) is 0 Å². The number of hydrogen-bond acceptors (Lipinski definition) is 4. The molecule has 1 aliphatic heterocycles. The monoisotopic (exact) mass is 573 g/mol. The van der Waals surface area contributed by atoms with Gasteiger partial charge < -0.3 is 19.1 Å². The van der Waals surface area contributed by atoms with Gasteiger partial charge in [0.2, 0.25) is 5.91 Å². The van der Waals surface area contributed by atoms with Gasteiger partial charge in [-0.1, -0.05) is 12.1 Å². The minimum absolute atomic E-state index is 0.00926. The summed E-state index contributed by atoms with van der Waals surface area (Å²) in [5.74, 6) is -1.22. The SMILES string of the molecule is CC(=O)N1CCN(C(=O)c2ccc(Cn3c(C)cc(OCc4ccc(F)cc4F)c(Br)c3=O)cc2)CC1. The van der Waals surface area contributed by atoms with Gasteiger partial charge in [0.05, 0.1) is 6.54 Å². The molecule has 2 amide bonds. The maximum Gasteiger partial charge on any atom is 0.269 e. The van der Waals surface area contributed by atoms with Gasteiger partial charge in [-0.05, 0) is 52.7 Å². The van der Waals surface area contributed by atoms with Crippen LogP contribution in [0.5, 0.6) is 5.75 Å². The molecule has 1 fully saturated rings. The predicted molar refractivity (Wildman–Crippen MR) is 138 cm³/mol. The number of piperazine rings is 1. The third kappa shape index (κ3) is 6.07. The molecule has 37 heavy (non-hydrogen) atoms. The van der Waals surface area contributed by atoms with E-state index in [1.54, 1.807) is 51.6 Å². The zero-order valence-electron chi connectivity index (χ0n) is 20.5. The van der Waals surface area contributed by atoms with E-state index in [2.05, 4.69) is 15.9 Å². The highest BCUT2D eigenvalue weighted by atomic mass is 79.9. The lowest BCUT2D eigenvalue weighted by molar-refractivity contribution is -0.130. The van der Waals surface area contributed by atoms with Crippen LogP contribution in [0.25, 0.3) is 0 Å². The standard InChI is InChI=1S/C27H26BrF2N3O4/c1-17-13-24(37-16-21-7-8-22(29)14-23(21)30)25(28)27(36)33(17)15-19-3-5-20(6-4-19)26(35)32-11-9-31(10-12-32)18(2)34/h3-8,13-14H,9-12,15-16H2,1-2H3. The molecular weight excluding hydrogens is 548 g/mol. The van der Waals surface area contributed by atoms with Gasteiger partial charge in [0.15, 0.2) is 0 Å². The van der Waals surface area contributed by atoms with Crippen LogP contribution < -0.4 is 10.3 Å². The van der Waals surface area contributed by atoms with Crippen molar-refractivity contribution >= 4 is 27.7 Å². The van der Waals surface area contributed by atoms with Gasteiger partial charge in [0.25, 0.3) is 11.5 Å². The Labute approximate surface area is 221 Å². The Morgan fingerprint density at radius 1 is 0.973 bits per heavy atom. The fourth-order valence-electron chi connectivity index (χ4n) is 4.15. The smallest absolute Gasteiger partial charge is 0.269 e. The molecule has 0 aliphatic carbocycles. The average Bonchev–Trinajstić information content (AvgIpc) is 2.88. The third-order valence-corrected chi connectivity index (χ3v) is 7.10. The number of carbonyl (C=O) groups is 2. The molecule has 0 bridgehead atoms. The van der Waals surface area contributed by atoms with E-state index in [0.29, 0.717) is 37.4 Å². The van der Waals surface area contributed by atoms with Gasteiger partial charge in [-0.3, -0.25) is 14.4 Å². The number of halogens is 3. The molecule has 3 aromatic rings. The van der Waals surface area contributed by atoms with E-state index < -0.39 is 11.6 Å². The summed E-state index contributed by atoms with van der Waals surface area (Å²) in [5.41, 5.74) is 1.86. The molecular formula is C27H26BrF2N3O4. The zero-order valence-corrected chi connectivity index (χ0v) is 22.1. The summed E-state index contributed by atoms with van der Waals surface area (Å²) in [4.78, 5) is 40.8. The molecule has 10 heteroatoms. The number of carbonyl (C=O) groups excluding carboxylic acids is 2. The Hall–Kier alpha value is -3.53. The fourth-order valence-corrected chi connectivity index (χ4v) is 4.60. The largest absolute Gasteiger partial charge is 0.487 e. The lowest BCUT2D eigenvalue weighted by Crippen LogP contribution is -2.50. The number of nitrogens with zero attached hydrogens (tertiary/aromatic N) is 3. The molecule has 1 saturated heterocycles. The molecule has 7 nitrogen and oxygen atoms in total. The van der Waals surface area contributed by atoms with Crippen molar-refractivity contribution in [2.24, 2.45) is 0 Å². The third-order valence-electron chi connectivity index (χ3n) is 6.37. The van der Waals surface area contributed by atoms with Crippen molar-refractivity contribution in [3.8, 4) is 5.75 Å². The van der Waals surface area contributed by atoms with Gasteiger partial charge in [0, 0.05) is 62.1 Å². The number of aromatic nitrogens is 1. The first kappa shape index (κ1) is 26.5. The predicted octanol–water partition coefficient (Wildman–Crippen LogP) is 4.13. The van der Waals surface area contributed by atoms with E-state index in [0.717, 1.165) is 17.7 Å². The highest BCUT2D eigenvalue weighted by molar-refractivity contribution is 9.10. The second kappa shape index (κ2) is 11.2. The molecule has 0 unspecified atom stereocenters. The normalized spacial score (nSPS) is 13.5. The molecule has 194 valence electrons. The summed E-state index contributed by atoms with van der Waals surface area (Å²) in [7, 11) is 0. The van der Waals surface area contributed by atoms with Crippen LogP contribution in [0.3, 0.4) is 0 Å². The van der Waals surface area contributed by atoms with Crippen LogP contribution in [0.4, 0.5) is 8.78 Å². The highest BCUT2D eigenvalue weighted by Gasteiger charge is 2.23. The lowest BCUT2D eigenvalue weighted by Gasteiger charge is -2.34. The van der Waals surface area contributed by atoms with Crippen LogP contribution in [0.15, 0.2) is 57.8 Å². The van der Waals surface area contributed by atoms with Gasteiger partial charge in [-0.25, -0.2) is 8.78 Å². The average molecular weight is 574 g/mol. The Bertz CT molecular complexity index is 1380. The molecule has 1 aliphatic rings. The summed E-state index contributed by atoms with van der Waals surface area (Å²) < 4.78 is 34.4. The number of hydrogen-bond donors (Lipinski definition) is 0. The van der Waals surface area contributed by atoms with E-state index in [4.69, 9.17) is 4.74 Å². The topological polar surface area (TPSA) is 71.8 Å². The second-order valence-corrected chi connectivity index (χ2v) is 9.67. The molecule has 2 aromatic carbocycles. The fraction of sp³-hybridized carbons (Fsp3) is 0.296. The number of ether oxygens (including phenoxy) is 1. The van der Waals surface area contributed by atoms with Gasteiger partial charge in [0.1, 0.15) is 28.5 Å².